The summed E-state index contributed by atoms with van der Waals surface area (Å²) in [5.74, 6) is 1.14. The average molecular weight is 296 g/mol. The fraction of sp³-hybridized carbons (Fsp3) is 0.308. The van der Waals surface area contributed by atoms with E-state index in [0.717, 1.165) is 9.54 Å². The molecule has 0 unspecified atom stereocenters. The smallest absolute Gasteiger partial charge is 0.272 e. The first kappa shape index (κ1) is 14.4. The molecule has 108 valence electrons. The molecule has 1 heterocycles. The molecule has 7 heteroatoms. The summed E-state index contributed by atoms with van der Waals surface area (Å²) >= 11 is 0. The molecule has 1 aromatic carbocycles. The maximum atomic E-state index is 12.7. The molecule has 0 fully saturated rings. The second-order valence-corrected chi connectivity index (χ2v) is 6.03. The molecule has 0 aliphatic heterocycles. The van der Waals surface area contributed by atoms with Crippen LogP contribution in [0.5, 0.6) is 11.5 Å². The first-order valence-electron chi connectivity index (χ1n) is 5.90. The zero-order valence-electron chi connectivity index (χ0n) is 11.7. The van der Waals surface area contributed by atoms with Crippen LogP contribution < -0.4 is 9.47 Å². The lowest BCUT2D eigenvalue weighted by Crippen LogP contribution is -2.15. The number of hydrogen-bond acceptors (Lipinski definition) is 5. The van der Waals surface area contributed by atoms with E-state index in [4.69, 9.17) is 9.47 Å². The van der Waals surface area contributed by atoms with Crippen molar-refractivity contribution in [2.75, 3.05) is 14.2 Å². The van der Waals surface area contributed by atoms with Crippen LogP contribution in [0.15, 0.2) is 29.4 Å². The molecule has 1 aromatic heterocycles. The number of hydrogen-bond donors (Lipinski definition) is 0. The molecule has 2 rings (SSSR count). The molecule has 6 nitrogen and oxygen atoms in total. The van der Waals surface area contributed by atoms with Crippen molar-refractivity contribution >= 4 is 10.0 Å². The first-order chi connectivity index (χ1) is 9.41. The third-order valence-electron chi connectivity index (χ3n) is 3.00. The molecule has 0 amide bonds. The number of methoxy groups -OCH3 is 2. The van der Waals surface area contributed by atoms with Gasteiger partial charge in [-0.05, 0) is 25.5 Å². The van der Waals surface area contributed by atoms with Crippen LogP contribution in [0.25, 0.3) is 0 Å². The Morgan fingerprint density at radius 2 is 1.75 bits per heavy atom. The third-order valence-corrected chi connectivity index (χ3v) is 4.78. The van der Waals surface area contributed by atoms with Crippen molar-refractivity contribution in [2.24, 2.45) is 0 Å². The van der Waals surface area contributed by atoms with Gasteiger partial charge in [-0.15, -0.1) is 0 Å². The molecule has 0 atom stereocenters. The lowest BCUT2D eigenvalue weighted by Gasteiger charge is -2.14. The highest BCUT2D eigenvalue weighted by molar-refractivity contribution is 7.90. The van der Waals surface area contributed by atoms with E-state index in [1.165, 1.54) is 32.7 Å². The summed E-state index contributed by atoms with van der Waals surface area (Å²) in [6, 6.07) is 3.10. The average Bonchev–Trinajstić information content (AvgIpc) is 2.85. The molecule has 0 radical (unpaired) electrons. The van der Waals surface area contributed by atoms with Crippen LogP contribution in [0.2, 0.25) is 0 Å². The van der Waals surface area contributed by atoms with Crippen molar-refractivity contribution in [3.8, 4) is 11.5 Å². The van der Waals surface area contributed by atoms with Crippen molar-refractivity contribution in [3.05, 3.63) is 35.9 Å². The summed E-state index contributed by atoms with van der Waals surface area (Å²) in [6.45, 7) is 3.44. The predicted molar refractivity (Wildman–Crippen MR) is 73.8 cm³/mol. The van der Waals surface area contributed by atoms with Gasteiger partial charge in [-0.1, -0.05) is 0 Å². The van der Waals surface area contributed by atoms with Gasteiger partial charge in [0, 0.05) is 18.5 Å². The fourth-order valence-corrected chi connectivity index (χ4v) is 3.42. The Morgan fingerprint density at radius 3 is 2.25 bits per heavy atom. The highest BCUT2D eigenvalue weighted by Crippen LogP contribution is 2.33. The molecule has 20 heavy (non-hydrogen) atoms. The maximum absolute atomic E-state index is 12.7. The van der Waals surface area contributed by atoms with Crippen LogP contribution in [0, 0.1) is 13.8 Å². The molecule has 0 N–H and O–H groups in total. The monoisotopic (exact) mass is 296 g/mol. The largest absolute Gasteiger partial charge is 0.496 e. The second kappa shape index (κ2) is 5.16. The van der Waals surface area contributed by atoms with Crippen LogP contribution in [-0.4, -0.2) is 31.6 Å². The second-order valence-electron chi connectivity index (χ2n) is 4.25. The van der Waals surface area contributed by atoms with E-state index in [2.05, 4.69) is 4.98 Å². The number of aryl methyl sites for hydroxylation is 2. The van der Waals surface area contributed by atoms with Gasteiger partial charge in [-0.3, -0.25) is 0 Å². The molecule has 0 bridgehead atoms. The Morgan fingerprint density at radius 1 is 1.10 bits per heavy atom. The minimum Gasteiger partial charge on any atom is -0.496 e. The van der Waals surface area contributed by atoms with Crippen LogP contribution in [0.4, 0.5) is 0 Å². The number of nitrogens with zero attached hydrogens (tertiary/aromatic N) is 2. The Labute approximate surface area is 118 Å². The Kier molecular flexibility index (Phi) is 3.71. The van der Waals surface area contributed by atoms with Gasteiger partial charge in [0.1, 0.15) is 22.2 Å². The summed E-state index contributed by atoms with van der Waals surface area (Å²) in [7, 11) is -0.844. The molecular formula is C13H16N2O4S. The quantitative estimate of drug-likeness (QED) is 0.859. The van der Waals surface area contributed by atoms with Gasteiger partial charge in [0.05, 0.1) is 14.2 Å². The van der Waals surface area contributed by atoms with Crippen molar-refractivity contribution in [2.45, 2.75) is 18.7 Å². The zero-order chi connectivity index (χ0) is 14.9. The summed E-state index contributed by atoms with van der Waals surface area (Å²) in [4.78, 5) is 3.98. The van der Waals surface area contributed by atoms with E-state index in [9.17, 15) is 8.42 Å². The van der Waals surface area contributed by atoms with Gasteiger partial charge in [0.2, 0.25) is 0 Å². The van der Waals surface area contributed by atoms with Gasteiger partial charge in [-0.2, -0.15) is 0 Å². The highest BCUT2D eigenvalue weighted by atomic mass is 32.2. The van der Waals surface area contributed by atoms with Crippen LogP contribution in [0.1, 0.15) is 11.4 Å². The molecule has 2 aromatic rings. The normalized spacial score (nSPS) is 11.4. The number of benzene rings is 1. The minimum absolute atomic E-state index is 0.0450. The summed E-state index contributed by atoms with van der Waals surface area (Å²) < 4.78 is 36.8. The van der Waals surface area contributed by atoms with Gasteiger partial charge in [0.15, 0.2) is 0 Å². The number of ether oxygens (including phenoxy) is 2. The van der Waals surface area contributed by atoms with Crippen LogP contribution in [-0.2, 0) is 10.0 Å². The van der Waals surface area contributed by atoms with Gasteiger partial charge < -0.3 is 9.47 Å². The van der Waals surface area contributed by atoms with E-state index >= 15 is 0 Å². The summed E-state index contributed by atoms with van der Waals surface area (Å²) in [6.07, 6.45) is 2.83. The Hall–Kier alpha value is -2.02. The molecule has 0 saturated carbocycles. The fourth-order valence-electron chi connectivity index (χ4n) is 1.95. The van der Waals surface area contributed by atoms with Crippen molar-refractivity contribution in [1.82, 2.24) is 8.96 Å². The lowest BCUT2D eigenvalue weighted by atomic mass is 10.2. The standard InChI is InChI=1S/C13H16N2O4S/c1-9-7-12(19-4)13(8-11(9)18-3)20(16,17)15-6-5-14-10(15)2/h5-8H,1-4H3. The SMILES string of the molecule is COc1cc(S(=O)(=O)n2ccnc2C)c(OC)cc1C. The number of imidazole rings is 1. The van der Waals surface area contributed by atoms with E-state index in [1.807, 2.05) is 6.92 Å². The van der Waals surface area contributed by atoms with Crippen LogP contribution in [0.3, 0.4) is 0 Å². The zero-order valence-corrected chi connectivity index (χ0v) is 12.6. The Balaban J connectivity index is 2.71. The summed E-state index contributed by atoms with van der Waals surface area (Å²) in [5.41, 5.74) is 0.797. The van der Waals surface area contributed by atoms with E-state index in [1.54, 1.807) is 13.0 Å². The van der Waals surface area contributed by atoms with E-state index in [0.29, 0.717) is 11.6 Å². The summed E-state index contributed by atoms with van der Waals surface area (Å²) in [5, 5.41) is 0. The van der Waals surface area contributed by atoms with Crippen LogP contribution >= 0.6 is 0 Å². The topological polar surface area (TPSA) is 70.4 Å². The van der Waals surface area contributed by atoms with Crippen molar-refractivity contribution < 1.29 is 17.9 Å². The number of aromatic nitrogens is 2. The molecule has 0 aliphatic rings. The van der Waals surface area contributed by atoms with E-state index < -0.39 is 10.0 Å². The highest BCUT2D eigenvalue weighted by Gasteiger charge is 2.24. The predicted octanol–water partition coefficient (Wildman–Crippen LogP) is 1.75. The van der Waals surface area contributed by atoms with Gasteiger partial charge in [0.25, 0.3) is 10.0 Å². The molecule has 0 saturated heterocycles. The van der Waals surface area contributed by atoms with Gasteiger partial charge >= 0.3 is 0 Å². The van der Waals surface area contributed by atoms with Gasteiger partial charge in [-0.25, -0.2) is 17.4 Å². The van der Waals surface area contributed by atoms with E-state index in [-0.39, 0.29) is 10.6 Å². The Bertz CT molecular complexity index is 735. The van der Waals surface area contributed by atoms with Crippen molar-refractivity contribution in [1.29, 1.82) is 0 Å². The first-order valence-corrected chi connectivity index (χ1v) is 7.34. The number of rotatable bonds is 4. The molecule has 0 spiro atoms. The molecular weight excluding hydrogens is 280 g/mol. The molecule has 0 aliphatic carbocycles. The third kappa shape index (κ3) is 2.24. The van der Waals surface area contributed by atoms with Crippen molar-refractivity contribution in [3.63, 3.8) is 0 Å². The maximum Gasteiger partial charge on any atom is 0.272 e. The lowest BCUT2D eigenvalue weighted by molar-refractivity contribution is 0.390. The minimum atomic E-state index is -3.77.